The van der Waals surface area contributed by atoms with Crippen LogP contribution in [0.3, 0.4) is 0 Å². The number of nitrogens with zero attached hydrogens (tertiary/aromatic N) is 2. The summed E-state index contributed by atoms with van der Waals surface area (Å²) in [4.78, 5) is 0. The summed E-state index contributed by atoms with van der Waals surface area (Å²) in [6, 6.07) is 20.1. The molecule has 0 saturated carbocycles. The van der Waals surface area contributed by atoms with Gasteiger partial charge in [-0.1, -0.05) is 43.8 Å². The molecule has 1 saturated heterocycles. The van der Waals surface area contributed by atoms with Crippen molar-refractivity contribution in [1.82, 2.24) is 5.01 Å². The summed E-state index contributed by atoms with van der Waals surface area (Å²) in [6.07, 6.45) is 0. The van der Waals surface area contributed by atoms with Crippen LogP contribution in [0.4, 0.5) is 11.4 Å². The fraction of sp³-hybridized carbons (Fsp3) is 0.333. The summed E-state index contributed by atoms with van der Waals surface area (Å²) in [5.41, 5.74) is 2.08. The fourth-order valence-electron chi connectivity index (χ4n) is 2.87. The maximum absolute atomic E-state index is 11.9. The van der Waals surface area contributed by atoms with E-state index in [1.165, 1.54) is 0 Å². The molecule has 1 aliphatic heterocycles. The Labute approximate surface area is 139 Å². The van der Waals surface area contributed by atoms with Crippen molar-refractivity contribution in [3.8, 4) is 0 Å². The van der Waals surface area contributed by atoms with Crippen molar-refractivity contribution in [2.45, 2.75) is 20.4 Å². The maximum Gasteiger partial charge on any atom is 0.153 e. The lowest BCUT2D eigenvalue weighted by atomic mass is 10.2. The minimum atomic E-state index is -2.93. The van der Waals surface area contributed by atoms with Gasteiger partial charge in [-0.15, -0.1) is 0 Å². The van der Waals surface area contributed by atoms with Crippen molar-refractivity contribution in [1.29, 1.82) is 0 Å². The van der Waals surface area contributed by atoms with Gasteiger partial charge in [0.2, 0.25) is 0 Å². The zero-order valence-corrected chi connectivity index (χ0v) is 13.4. The lowest BCUT2D eigenvalue weighted by molar-refractivity contribution is 0.229. The molecule has 23 heavy (non-hydrogen) atoms. The van der Waals surface area contributed by atoms with Crippen LogP contribution in [0.15, 0.2) is 60.7 Å². The van der Waals surface area contributed by atoms with Crippen molar-refractivity contribution in [2.24, 2.45) is 0 Å². The summed E-state index contributed by atoms with van der Waals surface area (Å²) < 4.78 is 23.7. The monoisotopic (exact) mass is 332 g/mol. The van der Waals surface area contributed by atoms with Crippen molar-refractivity contribution in [3.05, 3.63) is 60.7 Å². The van der Waals surface area contributed by atoms with E-state index in [-0.39, 0.29) is 25.0 Å². The van der Waals surface area contributed by atoms with E-state index < -0.39 is 9.84 Å². The predicted molar refractivity (Wildman–Crippen MR) is 96.6 cm³/mol. The number of para-hydroxylation sites is 2. The third kappa shape index (κ3) is 3.92. The molecule has 0 amide bonds. The summed E-state index contributed by atoms with van der Waals surface area (Å²) >= 11 is 0. The lowest BCUT2D eigenvalue weighted by Crippen LogP contribution is -2.54. The molecule has 1 unspecified atom stereocenters. The molecular formula is C18H24N2O2S. The van der Waals surface area contributed by atoms with Crippen LogP contribution in [0, 0.1) is 0 Å². The zero-order valence-electron chi connectivity index (χ0n) is 12.6. The van der Waals surface area contributed by atoms with Gasteiger partial charge in [0.15, 0.2) is 9.84 Å². The number of hydrogen-bond donors (Lipinski definition) is 0. The summed E-state index contributed by atoms with van der Waals surface area (Å²) in [6.45, 7) is 2.48. The Bertz CT molecular complexity index is 678. The number of hydrogen-bond acceptors (Lipinski definition) is 4. The molecule has 4 nitrogen and oxygen atoms in total. The first-order chi connectivity index (χ1) is 10.6. The zero-order chi connectivity index (χ0) is 15.6. The van der Waals surface area contributed by atoms with E-state index in [0.29, 0.717) is 6.54 Å². The second-order valence-corrected chi connectivity index (χ2v) is 7.84. The minimum Gasteiger partial charge on any atom is -0.274 e. The third-order valence-corrected chi connectivity index (χ3v) is 5.69. The van der Waals surface area contributed by atoms with Crippen LogP contribution >= 0.6 is 0 Å². The molecule has 0 radical (unpaired) electrons. The highest BCUT2D eigenvalue weighted by molar-refractivity contribution is 7.91. The molecule has 124 valence electrons. The highest BCUT2D eigenvalue weighted by atomic mass is 32.2. The van der Waals surface area contributed by atoms with Crippen molar-refractivity contribution >= 4 is 21.2 Å². The highest BCUT2D eigenvalue weighted by Gasteiger charge is 2.32. The molecule has 1 heterocycles. The Kier molecular flexibility index (Phi) is 5.44. The van der Waals surface area contributed by atoms with Gasteiger partial charge in [0.25, 0.3) is 0 Å². The largest absolute Gasteiger partial charge is 0.274 e. The molecule has 0 bridgehead atoms. The van der Waals surface area contributed by atoms with Crippen LogP contribution in [0.1, 0.15) is 14.4 Å². The van der Waals surface area contributed by atoms with Gasteiger partial charge in [-0.2, -0.15) is 0 Å². The smallest absolute Gasteiger partial charge is 0.153 e. The Balaban J connectivity index is 0.00000192. The topological polar surface area (TPSA) is 40.6 Å². The number of sulfone groups is 1. The van der Waals surface area contributed by atoms with Gasteiger partial charge in [-0.05, 0) is 31.2 Å². The van der Waals surface area contributed by atoms with Gasteiger partial charge in [-0.3, -0.25) is 5.01 Å². The summed E-state index contributed by atoms with van der Waals surface area (Å²) in [7, 11) is -2.93. The Hall–Kier alpha value is -1.85. The number of benzene rings is 2. The van der Waals surface area contributed by atoms with E-state index in [1.807, 2.05) is 67.6 Å². The minimum absolute atomic E-state index is 0. The normalized spacial score (nSPS) is 20.5. The molecular weight excluding hydrogens is 308 g/mol. The van der Waals surface area contributed by atoms with E-state index in [4.69, 9.17) is 0 Å². The van der Waals surface area contributed by atoms with E-state index >= 15 is 0 Å². The quantitative estimate of drug-likeness (QED) is 0.862. The van der Waals surface area contributed by atoms with Crippen LogP contribution in [0.5, 0.6) is 0 Å². The number of hydrazine groups is 1. The van der Waals surface area contributed by atoms with E-state index in [0.717, 1.165) is 11.4 Å². The van der Waals surface area contributed by atoms with E-state index in [9.17, 15) is 8.42 Å². The Morgan fingerprint density at radius 3 is 1.87 bits per heavy atom. The molecule has 5 heteroatoms. The van der Waals surface area contributed by atoms with Crippen molar-refractivity contribution in [3.63, 3.8) is 0 Å². The first kappa shape index (κ1) is 17.5. The van der Waals surface area contributed by atoms with Crippen LogP contribution in [-0.2, 0) is 9.84 Å². The van der Waals surface area contributed by atoms with Crippen molar-refractivity contribution < 1.29 is 8.42 Å². The van der Waals surface area contributed by atoms with E-state index in [2.05, 4.69) is 10.0 Å². The van der Waals surface area contributed by atoms with Gasteiger partial charge in [0, 0.05) is 12.6 Å². The first-order valence-electron chi connectivity index (χ1n) is 7.44. The Morgan fingerprint density at radius 2 is 1.43 bits per heavy atom. The summed E-state index contributed by atoms with van der Waals surface area (Å²) in [5, 5.41) is 4.27. The molecule has 1 aliphatic rings. The molecule has 0 aliphatic carbocycles. The average molecular weight is 332 g/mol. The highest BCUT2D eigenvalue weighted by Crippen LogP contribution is 2.29. The molecule has 0 spiro atoms. The van der Waals surface area contributed by atoms with Gasteiger partial charge in [0.1, 0.15) is 0 Å². The van der Waals surface area contributed by atoms with Crippen LogP contribution in [0.2, 0.25) is 0 Å². The Morgan fingerprint density at radius 1 is 0.957 bits per heavy atom. The SMILES string of the molecule is C.CC1CS(=O)(=O)CCN1N(c1ccccc1)c1ccccc1. The molecule has 0 aromatic heterocycles. The van der Waals surface area contributed by atoms with Gasteiger partial charge in [-0.25, -0.2) is 13.4 Å². The lowest BCUT2D eigenvalue weighted by Gasteiger charge is -2.42. The molecule has 0 N–H and O–H groups in total. The van der Waals surface area contributed by atoms with Crippen LogP contribution in [0.25, 0.3) is 0 Å². The fourth-order valence-corrected chi connectivity index (χ4v) is 4.41. The van der Waals surface area contributed by atoms with Crippen LogP contribution in [-0.4, -0.2) is 37.5 Å². The number of anilines is 2. The standard InChI is InChI=1S/C17H20N2O2S.CH4/c1-15-14-22(20,21)13-12-18(15)19(16-8-4-2-5-9-16)17-10-6-3-7-11-17;/h2-11,15H,12-14H2,1H3;1H4. The van der Waals surface area contributed by atoms with Crippen molar-refractivity contribution in [2.75, 3.05) is 23.1 Å². The molecule has 1 fully saturated rings. The second kappa shape index (κ2) is 7.15. The first-order valence-corrected chi connectivity index (χ1v) is 9.26. The molecule has 3 rings (SSSR count). The predicted octanol–water partition coefficient (Wildman–Crippen LogP) is 3.49. The average Bonchev–Trinajstić information content (AvgIpc) is 2.51. The maximum atomic E-state index is 11.9. The second-order valence-electron chi connectivity index (χ2n) is 5.61. The van der Waals surface area contributed by atoms with Gasteiger partial charge >= 0.3 is 0 Å². The molecule has 2 aromatic carbocycles. The van der Waals surface area contributed by atoms with Gasteiger partial charge in [0.05, 0.1) is 22.9 Å². The molecule has 2 aromatic rings. The number of rotatable bonds is 3. The summed E-state index contributed by atoms with van der Waals surface area (Å²) in [5.74, 6) is 0.399. The third-order valence-electron chi connectivity index (χ3n) is 3.89. The molecule has 1 atom stereocenters. The van der Waals surface area contributed by atoms with Gasteiger partial charge < -0.3 is 0 Å². The van der Waals surface area contributed by atoms with Crippen LogP contribution < -0.4 is 5.01 Å². The van der Waals surface area contributed by atoms with E-state index in [1.54, 1.807) is 0 Å².